The lowest BCUT2D eigenvalue weighted by Crippen LogP contribution is -2.43. The van der Waals surface area contributed by atoms with E-state index < -0.39 is 11.8 Å². The van der Waals surface area contributed by atoms with E-state index in [-0.39, 0.29) is 17.5 Å². The van der Waals surface area contributed by atoms with E-state index in [0.717, 1.165) is 22.0 Å². The molecule has 7 nitrogen and oxygen atoms in total. The zero-order chi connectivity index (χ0) is 27.3. The minimum absolute atomic E-state index is 0.00578. The van der Waals surface area contributed by atoms with Crippen molar-refractivity contribution in [1.29, 1.82) is 5.26 Å². The van der Waals surface area contributed by atoms with Crippen LogP contribution in [0.15, 0.2) is 89.2 Å². The Bertz CT molecular complexity index is 1350. The first-order valence-electron chi connectivity index (χ1n) is 12.8. The highest BCUT2D eigenvalue weighted by atomic mass is 16.5. The Morgan fingerprint density at radius 1 is 0.947 bits per heavy atom. The van der Waals surface area contributed by atoms with Crippen molar-refractivity contribution in [2.75, 3.05) is 38.3 Å². The number of ether oxygens (including phenoxy) is 2. The van der Waals surface area contributed by atoms with E-state index in [1.807, 2.05) is 61.7 Å². The van der Waals surface area contributed by atoms with Crippen LogP contribution < -0.4 is 9.64 Å². The topological polar surface area (TPSA) is 82.9 Å². The molecule has 0 N–H and O–H groups in total. The van der Waals surface area contributed by atoms with E-state index in [2.05, 4.69) is 30.9 Å². The number of nitriles is 1. The number of para-hydroxylation sites is 2. The number of rotatable bonds is 9. The second-order valence-corrected chi connectivity index (χ2v) is 9.83. The van der Waals surface area contributed by atoms with Crippen LogP contribution in [0.1, 0.15) is 32.8 Å². The molecule has 0 aliphatic carbocycles. The molecule has 0 spiro atoms. The number of hydrogen-bond donors (Lipinski definition) is 0. The van der Waals surface area contributed by atoms with Crippen LogP contribution >= 0.6 is 0 Å². The molecule has 0 saturated carbocycles. The fourth-order valence-corrected chi connectivity index (χ4v) is 4.99. The predicted molar refractivity (Wildman–Crippen MR) is 146 cm³/mol. The number of anilines is 1. The molecule has 2 aliphatic heterocycles. The summed E-state index contributed by atoms with van der Waals surface area (Å²) in [6.07, 6.45) is 4.13. The van der Waals surface area contributed by atoms with Crippen LogP contribution in [0.25, 0.3) is 0 Å². The van der Waals surface area contributed by atoms with Gasteiger partial charge < -0.3 is 14.4 Å². The Morgan fingerprint density at radius 2 is 1.66 bits per heavy atom. The summed E-state index contributed by atoms with van der Waals surface area (Å²) >= 11 is 0. The maximum absolute atomic E-state index is 13.4. The normalized spacial score (nSPS) is 18.8. The number of amides is 2. The van der Waals surface area contributed by atoms with Crippen molar-refractivity contribution in [2.45, 2.75) is 32.6 Å². The number of benzene rings is 2. The van der Waals surface area contributed by atoms with Crippen molar-refractivity contribution >= 4 is 17.5 Å². The van der Waals surface area contributed by atoms with Crippen molar-refractivity contribution in [1.82, 2.24) is 4.90 Å². The van der Waals surface area contributed by atoms with E-state index in [4.69, 9.17) is 9.47 Å². The maximum Gasteiger partial charge on any atom is 0.271 e. The van der Waals surface area contributed by atoms with Gasteiger partial charge in [-0.2, -0.15) is 5.26 Å². The van der Waals surface area contributed by atoms with Crippen molar-refractivity contribution < 1.29 is 19.1 Å². The van der Waals surface area contributed by atoms with E-state index in [1.165, 1.54) is 5.56 Å². The van der Waals surface area contributed by atoms with Crippen molar-refractivity contribution in [2.24, 2.45) is 0 Å². The molecule has 2 aromatic rings. The number of hydrogen-bond acceptors (Lipinski definition) is 6. The number of allylic oxidation sites excluding steroid dienone is 3. The number of imide groups is 1. The molecule has 2 heterocycles. The van der Waals surface area contributed by atoms with Gasteiger partial charge >= 0.3 is 0 Å². The molecule has 196 valence electrons. The highest BCUT2D eigenvalue weighted by Gasteiger charge is 2.38. The second-order valence-electron chi connectivity index (χ2n) is 9.83. The zero-order valence-electron chi connectivity index (χ0n) is 22.4. The summed E-state index contributed by atoms with van der Waals surface area (Å²) in [6, 6.07) is 19.7. The van der Waals surface area contributed by atoms with E-state index in [1.54, 1.807) is 13.0 Å². The second kappa shape index (κ2) is 11.5. The molecule has 2 amide bonds. The minimum Gasteiger partial charge on any atom is -0.491 e. The summed E-state index contributed by atoms with van der Waals surface area (Å²) in [5.74, 6) is -0.179. The molecule has 0 unspecified atom stereocenters. The van der Waals surface area contributed by atoms with Gasteiger partial charge in [0.2, 0.25) is 0 Å². The van der Waals surface area contributed by atoms with E-state index >= 15 is 0 Å². The van der Waals surface area contributed by atoms with Gasteiger partial charge in [-0.3, -0.25) is 14.5 Å². The van der Waals surface area contributed by atoms with Gasteiger partial charge in [0, 0.05) is 42.6 Å². The van der Waals surface area contributed by atoms with Crippen molar-refractivity contribution in [3.63, 3.8) is 0 Å². The van der Waals surface area contributed by atoms with Crippen LogP contribution in [-0.2, 0) is 19.7 Å². The van der Waals surface area contributed by atoms with Gasteiger partial charge in [0.05, 0.1) is 6.61 Å². The highest BCUT2D eigenvalue weighted by Crippen LogP contribution is 2.46. The van der Waals surface area contributed by atoms with Crippen LogP contribution in [0.2, 0.25) is 0 Å². The summed E-state index contributed by atoms with van der Waals surface area (Å²) in [7, 11) is 2.00. The first kappa shape index (κ1) is 26.9. The molecule has 0 fully saturated rings. The van der Waals surface area contributed by atoms with Gasteiger partial charge in [-0.25, -0.2) is 0 Å². The first-order valence-corrected chi connectivity index (χ1v) is 12.8. The maximum atomic E-state index is 13.4. The molecule has 7 heteroatoms. The summed E-state index contributed by atoms with van der Waals surface area (Å²) in [5, 5.41) is 9.68. The molecule has 0 aromatic heterocycles. The standard InChI is InChI=1S/C31H33N3O4/c1-22-24(15-16-28-31(2,3)26-13-8-9-14-27(26)33(28)4)29(35)34(30(36)25(22)21-32)17-10-18-37-19-20-38-23-11-6-5-7-12-23/h5-9,11-16H,10,17-20H2,1-4H3/b24-15-,28-16+. The van der Waals surface area contributed by atoms with Crippen LogP contribution in [0, 0.1) is 11.3 Å². The third kappa shape index (κ3) is 5.27. The number of nitrogens with zero attached hydrogens (tertiary/aromatic N) is 3. The molecule has 0 bridgehead atoms. The minimum atomic E-state index is -0.557. The lowest BCUT2D eigenvalue weighted by Gasteiger charge is -2.28. The summed E-state index contributed by atoms with van der Waals surface area (Å²) in [5.41, 5.74) is 3.85. The fourth-order valence-electron chi connectivity index (χ4n) is 4.99. The number of likely N-dealkylation sites (N-methyl/N-ethyl adjacent to an activating group) is 1. The molecule has 0 radical (unpaired) electrons. The molecule has 0 atom stereocenters. The van der Waals surface area contributed by atoms with Gasteiger partial charge in [0.1, 0.15) is 24.0 Å². The Kier molecular flexibility index (Phi) is 8.13. The average Bonchev–Trinajstić information content (AvgIpc) is 3.11. The SMILES string of the molecule is CC1=C(C#N)C(=O)N(CCCOCCOc2ccccc2)C(=O)/C1=C\C=C1\N(C)c2ccccc2C1(C)C. The predicted octanol–water partition coefficient (Wildman–Crippen LogP) is 4.92. The van der Waals surface area contributed by atoms with Crippen molar-refractivity contribution in [3.05, 3.63) is 94.7 Å². The average molecular weight is 512 g/mol. The lowest BCUT2D eigenvalue weighted by atomic mass is 9.83. The Labute approximate surface area is 224 Å². The lowest BCUT2D eigenvalue weighted by molar-refractivity contribution is -0.140. The van der Waals surface area contributed by atoms with E-state index in [0.29, 0.717) is 37.4 Å². The summed E-state index contributed by atoms with van der Waals surface area (Å²) in [4.78, 5) is 29.6. The summed E-state index contributed by atoms with van der Waals surface area (Å²) in [6.45, 7) is 7.27. The van der Waals surface area contributed by atoms with E-state index in [9.17, 15) is 14.9 Å². The molecule has 2 aromatic carbocycles. The molecular formula is C31H33N3O4. The quantitative estimate of drug-likeness (QED) is 0.270. The van der Waals surface area contributed by atoms with Crippen LogP contribution in [0.5, 0.6) is 5.75 Å². The number of carbonyl (C=O) groups is 2. The highest BCUT2D eigenvalue weighted by molar-refractivity contribution is 6.18. The molecule has 38 heavy (non-hydrogen) atoms. The monoisotopic (exact) mass is 511 g/mol. The number of carbonyl (C=O) groups excluding carboxylic acids is 2. The summed E-state index contributed by atoms with van der Waals surface area (Å²) < 4.78 is 11.2. The van der Waals surface area contributed by atoms with Crippen LogP contribution in [-0.4, -0.2) is 50.1 Å². The van der Waals surface area contributed by atoms with Gasteiger partial charge in [0.15, 0.2) is 0 Å². The molecule has 0 saturated heterocycles. The molecule has 2 aliphatic rings. The van der Waals surface area contributed by atoms with Crippen LogP contribution in [0.4, 0.5) is 5.69 Å². The van der Waals surface area contributed by atoms with Gasteiger partial charge in [0.25, 0.3) is 11.8 Å². The number of fused-ring (bicyclic) bond motifs is 1. The third-order valence-corrected chi connectivity index (χ3v) is 7.08. The van der Waals surface area contributed by atoms with Crippen LogP contribution in [0.3, 0.4) is 0 Å². The fraction of sp³-hybridized carbons (Fsp3) is 0.323. The smallest absolute Gasteiger partial charge is 0.271 e. The van der Waals surface area contributed by atoms with Crippen molar-refractivity contribution in [3.8, 4) is 11.8 Å². The molecular weight excluding hydrogens is 478 g/mol. The Hall–Kier alpha value is -4.15. The van der Waals surface area contributed by atoms with Gasteiger partial charge in [-0.15, -0.1) is 0 Å². The van der Waals surface area contributed by atoms with Gasteiger partial charge in [-0.1, -0.05) is 50.2 Å². The zero-order valence-corrected chi connectivity index (χ0v) is 22.4. The Balaban J connectivity index is 1.43. The third-order valence-electron chi connectivity index (χ3n) is 7.08. The first-order chi connectivity index (χ1) is 18.3. The Morgan fingerprint density at radius 3 is 2.37 bits per heavy atom. The largest absolute Gasteiger partial charge is 0.491 e. The molecule has 4 rings (SSSR count). The van der Waals surface area contributed by atoms with Gasteiger partial charge in [-0.05, 0) is 54.8 Å².